The predicted octanol–water partition coefficient (Wildman–Crippen LogP) is 3.26. The number of benzene rings is 1. The van der Waals surface area contributed by atoms with E-state index < -0.39 is 5.60 Å². The molecule has 1 aromatic carbocycles. The Morgan fingerprint density at radius 3 is 2.79 bits per heavy atom. The van der Waals surface area contributed by atoms with Crippen LogP contribution in [0.4, 0.5) is 5.69 Å². The smallest absolute Gasteiger partial charge is 0.0819 e. The first kappa shape index (κ1) is 12.4. The molecule has 1 heterocycles. The van der Waals surface area contributed by atoms with Crippen LogP contribution in [0.25, 0.3) is 10.9 Å². The summed E-state index contributed by atoms with van der Waals surface area (Å²) in [6, 6.07) is 10.2. The van der Waals surface area contributed by atoms with E-state index >= 15 is 0 Å². The van der Waals surface area contributed by atoms with E-state index in [1.54, 1.807) is 0 Å². The van der Waals surface area contributed by atoms with Crippen molar-refractivity contribution < 1.29 is 5.11 Å². The van der Waals surface area contributed by atoms with E-state index in [0.29, 0.717) is 6.54 Å². The summed E-state index contributed by atoms with van der Waals surface area (Å²) in [5.41, 5.74) is 2.55. The van der Waals surface area contributed by atoms with Gasteiger partial charge in [-0.2, -0.15) is 0 Å². The number of fused-ring (bicyclic) bond motifs is 1. The topological polar surface area (TPSA) is 45.1 Å². The minimum Gasteiger partial charge on any atom is -0.388 e. The number of rotatable bonds is 3. The Morgan fingerprint density at radius 2 is 2.00 bits per heavy atom. The first-order valence-electron chi connectivity index (χ1n) is 6.99. The van der Waals surface area contributed by atoms with Crippen molar-refractivity contribution in [1.82, 2.24) is 4.98 Å². The van der Waals surface area contributed by atoms with Crippen molar-refractivity contribution >= 4 is 16.6 Å². The number of para-hydroxylation sites is 1. The summed E-state index contributed by atoms with van der Waals surface area (Å²) in [6.07, 6.45) is 4.08. The molecular formula is C16H20N2O. The number of aromatic nitrogens is 1. The molecule has 1 aliphatic carbocycles. The molecule has 0 unspecified atom stereocenters. The average molecular weight is 256 g/mol. The molecule has 0 radical (unpaired) electrons. The molecule has 0 saturated heterocycles. The Kier molecular flexibility index (Phi) is 3.15. The Labute approximate surface area is 113 Å². The molecule has 1 fully saturated rings. The van der Waals surface area contributed by atoms with E-state index in [4.69, 9.17) is 0 Å². The number of nitrogens with one attached hydrogen (secondary N) is 1. The van der Waals surface area contributed by atoms with Gasteiger partial charge in [0.25, 0.3) is 0 Å². The molecule has 0 aliphatic heterocycles. The minimum atomic E-state index is -0.529. The van der Waals surface area contributed by atoms with Crippen molar-refractivity contribution in [2.24, 2.45) is 0 Å². The quantitative estimate of drug-likeness (QED) is 0.886. The Morgan fingerprint density at radius 1 is 1.26 bits per heavy atom. The van der Waals surface area contributed by atoms with Gasteiger partial charge in [-0.3, -0.25) is 4.98 Å². The molecule has 0 bridgehead atoms. The molecule has 0 amide bonds. The lowest BCUT2D eigenvalue weighted by Crippen LogP contribution is -2.33. The minimum absolute atomic E-state index is 0.529. The van der Waals surface area contributed by atoms with Crippen LogP contribution in [0.3, 0.4) is 0 Å². The Balaban J connectivity index is 1.87. The van der Waals surface area contributed by atoms with Crippen LogP contribution in [0.1, 0.15) is 31.4 Å². The third kappa shape index (κ3) is 2.56. The molecule has 0 atom stereocenters. The third-order valence-corrected chi connectivity index (χ3v) is 3.99. The number of hydrogen-bond acceptors (Lipinski definition) is 3. The lowest BCUT2D eigenvalue weighted by Gasteiger charge is -2.23. The SMILES string of the molecule is Cc1cc(NCC2(O)CCCC2)c2ccccc2n1. The van der Waals surface area contributed by atoms with E-state index in [0.717, 1.165) is 48.0 Å². The van der Waals surface area contributed by atoms with Gasteiger partial charge in [0.1, 0.15) is 0 Å². The molecule has 0 spiro atoms. The van der Waals surface area contributed by atoms with Gasteiger partial charge in [0.15, 0.2) is 0 Å². The highest BCUT2D eigenvalue weighted by Crippen LogP contribution is 2.30. The first-order valence-corrected chi connectivity index (χ1v) is 6.99. The third-order valence-electron chi connectivity index (χ3n) is 3.99. The molecule has 1 aliphatic rings. The van der Waals surface area contributed by atoms with Crippen LogP contribution in [0.15, 0.2) is 30.3 Å². The van der Waals surface area contributed by atoms with Crippen molar-refractivity contribution in [3.05, 3.63) is 36.0 Å². The number of aliphatic hydroxyl groups is 1. The second kappa shape index (κ2) is 4.82. The predicted molar refractivity (Wildman–Crippen MR) is 78.4 cm³/mol. The van der Waals surface area contributed by atoms with Crippen LogP contribution in [-0.4, -0.2) is 22.2 Å². The summed E-state index contributed by atoms with van der Waals surface area (Å²) in [6.45, 7) is 2.63. The van der Waals surface area contributed by atoms with Crippen LogP contribution in [0.5, 0.6) is 0 Å². The highest BCUT2D eigenvalue weighted by atomic mass is 16.3. The summed E-state index contributed by atoms with van der Waals surface area (Å²) in [7, 11) is 0. The van der Waals surface area contributed by atoms with E-state index in [9.17, 15) is 5.11 Å². The monoisotopic (exact) mass is 256 g/mol. The molecule has 2 aromatic rings. The van der Waals surface area contributed by atoms with E-state index in [1.165, 1.54) is 0 Å². The number of anilines is 1. The van der Waals surface area contributed by atoms with Crippen LogP contribution in [0, 0.1) is 6.92 Å². The fraction of sp³-hybridized carbons (Fsp3) is 0.438. The average Bonchev–Trinajstić information content (AvgIpc) is 2.83. The van der Waals surface area contributed by atoms with Crippen LogP contribution in [-0.2, 0) is 0 Å². The zero-order chi connectivity index (χ0) is 13.3. The summed E-state index contributed by atoms with van der Waals surface area (Å²) in [5, 5.41) is 15.0. The van der Waals surface area contributed by atoms with Gasteiger partial charge in [0.05, 0.1) is 11.1 Å². The maximum absolute atomic E-state index is 10.4. The fourth-order valence-corrected chi connectivity index (χ4v) is 2.92. The maximum Gasteiger partial charge on any atom is 0.0819 e. The summed E-state index contributed by atoms with van der Waals surface area (Å²) in [5.74, 6) is 0. The van der Waals surface area contributed by atoms with Gasteiger partial charge in [-0.15, -0.1) is 0 Å². The molecule has 2 N–H and O–H groups in total. The molecule has 19 heavy (non-hydrogen) atoms. The lowest BCUT2D eigenvalue weighted by molar-refractivity contribution is 0.0615. The lowest BCUT2D eigenvalue weighted by atomic mass is 10.0. The van der Waals surface area contributed by atoms with Crippen molar-refractivity contribution in [3.63, 3.8) is 0 Å². The van der Waals surface area contributed by atoms with Gasteiger partial charge in [0.2, 0.25) is 0 Å². The summed E-state index contributed by atoms with van der Waals surface area (Å²) in [4.78, 5) is 4.53. The number of pyridine rings is 1. The molecule has 3 nitrogen and oxygen atoms in total. The normalized spacial score (nSPS) is 17.8. The van der Waals surface area contributed by atoms with Gasteiger partial charge in [-0.05, 0) is 31.9 Å². The van der Waals surface area contributed by atoms with Crippen molar-refractivity contribution in [2.75, 3.05) is 11.9 Å². The summed E-state index contributed by atoms with van der Waals surface area (Å²) < 4.78 is 0. The highest BCUT2D eigenvalue weighted by molar-refractivity contribution is 5.91. The van der Waals surface area contributed by atoms with E-state index in [-0.39, 0.29) is 0 Å². The largest absolute Gasteiger partial charge is 0.388 e. The number of hydrogen-bond donors (Lipinski definition) is 2. The van der Waals surface area contributed by atoms with Crippen LogP contribution < -0.4 is 5.32 Å². The van der Waals surface area contributed by atoms with Crippen molar-refractivity contribution in [2.45, 2.75) is 38.2 Å². The highest BCUT2D eigenvalue weighted by Gasteiger charge is 2.30. The summed E-state index contributed by atoms with van der Waals surface area (Å²) >= 11 is 0. The van der Waals surface area contributed by atoms with Gasteiger partial charge in [-0.25, -0.2) is 0 Å². The van der Waals surface area contributed by atoms with Gasteiger partial charge < -0.3 is 10.4 Å². The molecule has 3 heteroatoms. The zero-order valence-electron chi connectivity index (χ0n) is 11.3. The van der Waals surface area contributed by atoms with Crippen molar-refractivity contribution in [1.29, 1.82) is 0 Å². The molecule has 1 aromatic heterocycles. The Hall–Kier alpha value is -1.61. The van der Waals surface area contributed by atoms with Crippen molar-refractivity contribution in [3.8, 4) is 0 Å². The van der Waals surface area contributed by atoms with Crippen LogP contribution in [0.2, 0.25) is 0 Å². The zero-order valence-corrected chi connectivity index (χ0v) is 11.3. The van der Waals surface area contributed by atoms with Gasteiger partial charge in [-0.1, -0.05) is 31.0 Å². The second-order valence-electron chi connectivity index (χ2n) is 5.61. The number of nitrogens with zero attached hydrogens (tertiary/aromatic N) is 1. The molecule has 1 saturated carbocycles. The molecule has 3 rings (SSSR count). The van der Waals surface area contributed by atoms with Crippen LogP contribution >= 0.6 is 0 Å². The fourth-order valence-electron chi connectivity index (χ4n) is 2.92. The maximum atomic E-state index is 10.4. The van der Waals surface area contributed by atoms with E-state index in [1.807, 2.05) is 25.1 Å². The molecule has 100 valence electrons. The standard InChI is InChI=1S/C16H20N2O/c1-12-10-15(13-6-2-3-7-14(13)18-12)17-11-16(19)8-4-5-9-16/h2-3,6-7,10,19H,4-5,8-9,11H2,1H3,(H,17,18). The molecular weight excluding hydrogens is 236 g/mol. The van der Waals surface area contributed by atoms with Gasteiger partial charge in [0, 0.05) is 23.3 Å². The van der Waals surface area contributed by atoms with Gasteiger partial charge >= 0.3 is 0 Å². The van der Waals surface area contributed by atoms with E-state index in [2.05, 4.69) is 22.4 Å². The Bertz CT molecular complexity index is 588. The first-order chi connectivity index (χ1) is 9.16. The number of aryl methyl sites for hydroxylation is 1. The second-order valence-corrected chi connectivity index (χ2v) is 5.61.